The molecule has 0 bridgehead atoms. The van der Waals surface area contributed by atoms with E-state index in [-0.39, 0.29) is 11.2 Å². The maximum absolute atomic E-state index is 14.2. The van der Waals surface area contributed by atoms with Gasteiger partial charge >= 0.3 is 0 Å². The Morgan fingerprint density at radius 3 is 2.89 bits per heavy atom. The largest absolute Gasteiger partial charge is 0.464 e. The Bertz CT molecular complexity index is 624. The van der Waals surface area contributed by atoms with Crippen LogP contribution < -0.4 is 5.32 Å². The number of hydrogen-bond acceptors (Lipinski definition) is 2. The molecule has 94 valence electrons. The van der Waals surface area contributed by atoms with E-state index < -0.39 is 0 Å². The lowest BCUT2D eigenvalue weighted by Gasteiger charge is -2.32. The van der Waals surface area contributed by atoms with Gasteiger partial charge in [-0.25, -0.2) is 4.39 Å². The molecule has 2 heterocycles. The number of halogens is 1. The third kappa shape index (κ3) is 1.66. The molecular formula is C15H16FNO. The molecular weight excluding hydrogens is 229 g/mol. The maximum Gasteiger partial charge on any atom is 0.144 e. The van der Waals surface area contributed by atoms with Crippen molar-refractivity contribution < 1.29 is 8.81 Å². The topological polar surface area (TPSA) is 25.2 Å². The number of fused-ring (bicyclic) bond motifs is 1. The van der Waals surface area contributed by atoms with Crippen molar-refractivity contribution in [3.63, 3.8) is 0 Å². The Kier molecular flexibility index (Phi) is 2.52. The van der Waals surface area contributed by atoms with Crippen molar-refractivity contribution in [2.24, 2.45) is 5.41 Å². The van der Waals surface area contributed by atoms with E-state index >= 15 is 0 Å². The smallest absolute Gasteiger partial charge is 0.144 e. The highest BCUT2D eigenvalue weighted by molar-refractivity contribution is 5.91. The Morgan fingerprint density at radius 2 is 2.11 bits per heavy atom. The summed E-state index contributed by atoms with van der Waals surface area (Å²) in [5, 5.41) is 4.25. The summed E-state index contributed by atoms with van der Waals surface area (Å²) in [6.07, 6.45) is 3.67. The first-order chi connectivity index (χ1) is 8.59. The first-order valence-corrected chi connectivity index (χ1v) is 6.17. The second-order valence-corrected chi connectivity index (χ2v) is 5.39. The molecule has 1 N–H and O–H groups in total. The summed E-state index contributed by atoms with van der Waals surface area (Å²) in [6.45, 7) is 5.85. The third-order valence-corrected chi connectivity index (χ3v) is 3.59. The van der Waals surface area contributed by atoms with E-state index in [1.807, 2.05) is 6.07 Å². The fourth-order valence-corrected chi connectivity index (χ4v) is 2.63. The molecule has 2 aromatic rings. The Labute approximate surface area is 105 Å². The third-order valence-electron chi connectivity index (χ3n) is 3.59. The van der Waals surface area contributed by atoms with Gasteiger partial charge in [0.25, 0.3) is 0 Å². The maximum atomic E-state index is 14.2. The van der Waals surface area contributed by atoms with Gasteiger partial charge in [-0.1, -0.05) is 19.9 Å². The number of hydrogen-bond donors (Lipinski definition) is 1. The van der Waals surface area contributed by atoms with Crippen molar-refractivity contribution in [3.8, 4) is 0 Å². The highest BCUT2D eigenvalue weighted by Crippen LogP contribution is 2.40. The predicted octanol–water partition coefficient (Wildman–Crippen LogP) is 3.58. The molecule has 3 heteroatoms. The van der Waals surface area contributed by atoms with Crippen LogP contribution in [0.1, 0.15) is 19.4 Å². The van der Waals surface area contributed by atoms with Crippen LogP contribution in [0.5, 0.6) is 0 Å². The Hall–Kier alpha value is -1.61. The Morgan fingerprint density at radius 1 is 1.28 bits per heavy atom. The fraction of sp³-hybridized carbons (Fsp3) is 0.333. The average Bonchev–Trinajstić information content (AvgIpc) is 2.78. The normalized spacial score (nSPS) is 18.9. The molecule has 0 spiro atoms. The van der Waals surface area contributed by atoms with Gasteiger partial charge in [0.05, 0.1) is 11.8 Å². The number of nitrogens with one attached hydrogen (secondary N) is 1. The number of benzene rings is 1. The van der Waals surface area contributed by atoms with E-state index in [1.165, 1.54) is 6.07 Å². The summed E-state index contributed by atoms with van der Waals surface area (Å²) < 4.78 is 19.7. The van der Waals surface area contributed by atoms with E-state index in [0.29, 0.717) is 11.1 Å². The van der Waals surface area contributed by atoms with Crippen LogP contribution in [-0.2, 0) is 0 Å². The molecule has 0 fully saturated rings. The zero-order chi connectivity index (χ0) is 12.8. The summed E-state index contributed by atoms with van der Waals surface area (Å²) in [4.78, 5) is 0. The minimum Gasteiger partial charge on any atom is -0.464 e. The molecule has 0 radical (unpaired) electrons. The van der Waals surface area contributed by atoms with Gasteiger partial charge in [-0.3, -0.25) is 0 Å². The van der Waals surface area contributed by atoms with Crippen LogP contribution >= 0.6 is 0 Å². The van der Waals surface area contributed by atoms with Gasteiger partial charge in [0.15, 0.2) is 0 Å². The predicted molar refractivity (Wildman–Crippen MR) is 70.8 cm³/mol. The minimum absolute atomic E-state index is 0.0971. The molecule has 0 saturated heterocycles. The molecule has 0 atom stereocenters. The van der Waals surface area contributed by atoms with E-state index in [9.17, 15) is 4.39 Å². The van der Waals surface area contributed by atoms with Crippen LogP contribution in [0.2, 0.25) is 0 Å². The van der Waals surface area contributed by atoms with Crippen LogP contribution in [0.4, 0.5) is 4.39 Å². The quantitative estimate of drug-likeness (QED) is 0.830. The van der Waals surface area contributed by atoms with Gasteiger partial charge in [0, 0.05) is 23.9 Å². The molecule has 0 aliphatic carbocycles. The molecule has 1 aliphatic heterocycles. The summed E-state index contributed by atoms with van der Waals surface area (Å²) in [7, 11) is 0. The lowest BCUT2D eigenvalue weighted by molar-refractivity contribution is 0.442. The second-order valence-electron chi connectivity index (χ2n) is 5.39. The second kappa shape index (κ2) is 3.95. The molecule has 1 aromatic carbocycles. The van der Waals surface area contributed by atoms with Crippen LogP contribution in [0.15, 0.2) is 35.0 Å². The molecule has 1 aliphatic rings. The van der Waals surface area contributed by atoms with Gasteiger partial charge in [-0.15, -0.1) is 0 Å². The van der Waals surface area contributed by atoms with Crippen molar-refractivity contribution in [2.75, 3.05) is 13.1 Å². The fourth-order valence-electron chi connectivity index (χ4n) is 2.63. The highest BCUT2D eigenvalue weighted by Gasteiger charge is 2.30. The lowest BCUT2D eigenvalue weighted by atomic mass is 9.77. The van der Waals surface area contributed by atoms with Gasteiger partial charge in [-0.05, 0) is 23.8 Å². The first-order valence-electron chi connectivity index (χ1n) is 6.17. The minimum atomic E-state index is -0.210. The van der Waals surface area contributed by atoms with E-state index in [4.69, 9.17) is 4.42 Å². The number of rotatable bonds is 1. The van der Waals surface area contributed by atoms with Crippen molar-refractivity contribution >= 4 is 16.5 Å². The van der Waals surface area contributed by atoms with Crippen molar-refractivity contribution in [1.29, 1.82) is 0 Å². The van der Waals surface area contributed by atoms with Gasteiger partial charge in [0.2, 0.25) is 0 Å². The molecule has 0 amide bonds. The molecule has 18 heavy (non-hydrogen) atoms. The summed E-state index contributed by atoms with van der Waals surface area (Å²) in [5.74, 6) is -0.210. The SMILES string of the molecule is CC1(C)CNCC=C1c1c(F)ccc2ccoc12. The monoisotopic (exact) mass is 245 g/mol. The summed E-state index contributed by atoms with van der Waals surface area (Å²) in [6, 6.07) is 5.14. The molecule has 0 saturated carbocycles. The molecule has 1 aromatic heterocycles. The summed E-state index contributed by atoms with van der Waals surface area (Å²) in [5.41, 5.74) is 2.19. The Balaban J connectivity index is 2.28. The zero-order valence-corrected chi connectivity index (χ0v) is 10.6. The van der Waals surface area contributed by atoms with Crippen LogP contribution in [0.25, 0.3) is 16.5 Å². The van der Waals surface area contributed by atoms with Gasteiger partial charge in [-0.2, -0.15) is 0 Å². The highest BCUT2D eigenvalue weighted by atomic mass is 19.1. The summed E-state index contributed by atoms with van der Waals surface area (Å²) >= 11 is 0. The first kappa shape index (κ1) is 11.5. The lowest BCUT2D eigenvalue weighted by Crippen LogP contribution is -2.35. The zero-order valence-electron chi connectivity index (χ0n) is 10.6. The molecule has 0 unspecified atom stereocenters. The van der Waals surface area contributed by atoms with E-state index in [2.05, 4.69) is 25.2 Å². The van der Waals surface area contributed by atoms with Crippen LogP contribution in [-0.4, -0.2) is 13.1 Å². The standard InChI is InChI=1S/C15H16FNO/c1-15(2)9-17-7-5-11(15)13-12(16)4-3-10-6-8-18-14(10)13/h3-6,8,17H,7,9H2,1-2H3. The number of furan rings is 1. The van der Waals surface area contributed by atoms with Crippen molar-refractivity contribution in [2.45, 2.75) is 13.8 Å². The van der Waals surface area contributed by atoms with Crippen molar-refractivity contribution in [1.82, 2.24) is 5.32 Å². The average molecular weight is 245 g/mol. The van der Waals surface area contributed by atoms with Gasteiger partial charge < -0.3 is 9.73 Å². The van der Waals surface area contributed by atoms with Crippen molar-refractivity contribution in [3.05, 3.63) is 41.9 Å². The molecule has 2 nitrogen and oxygen atoms in total. The van der Waals surface area contributed by atoms with Crippen LogP contribution in [0, 0.1) is 11.2 Å². The van der Waals surface area contributed by atoms with Gasteiger partial charge in [0.1, 0.15) is 11.4 Å². The molecule has 3 rings (SSSR count). The van der Waals surface area contributed by atoms with E-state index in [0.717, 1.165) is 24.0 Å². The van der Waals surface area contributed by atoms with E-state index in [1.54, 1.807) is 12.3 Å². The van der Waals surface area contributed by atoms with Crippen LogP contribution in [0.3, 0.4) is 0 Å².